The van der Waals surface area contributed by atoms with Gasteiger partial charge in [0.2, 0.25) is 10.0 Å². The van der Waals surface area contributed by atoms with Gasteiger partial charge >= 0.3 is 0 Å². The largest absolute Gasteiger partial charge is 0.336 e. The van der Waals surface area contributed by atoms with E-state index in [9.17, 15) is 12.8 Å². The number of aryl methyl sites for hydroxylation is 1. The predicted octanol–water partition coefficient (Wildman–Crippen LogP) is 4.00. The number of imidazole rings is 1. The van der Waals surface area contributed by atoms with Crippen LogP contribution >= 0.6 is 34.5 Å². The smallest absolute Gasteiger partial charge is 0.243 e. The molecule has 132 valence electrons. The van der Waals surface area contributed by atoms with Crippen molar-refractivity contribution in [3.63, 3.8) is 0 Å². The summed E-state index contributed by atoms with van der Waals surface area (Å²) in [5.74, 6) is 0.0329. The lowest BCUT2D eigenvalue weighted by molar-refractivity contribution is 0.562. The van der Waals surface area contributed by atoms with Crippen LogP contribution in [-0.4, -0.2) is 18.0 Å². The summed E-state index contributed by atoms with van der Waals surface area (Å²) in [4.78, 5) is 4.10. The molecule has 1 N–H and O–H groups in total. The second-order valence-corrected chi connectivity index (χ2v) is 9.16. The van der Waals surface area contributed by atoms with Crippen molar-refractivity contribution in [2.45, 2.75) is 10.9 Å². The lowest BCUT2D eigenvalue weighted by Crippen LogP contribution is -2.31. The topological polar surface area (TPSA) is 64.0 Å². The highest BCUT2D eigenvalue weighted by Crippen LogP contribution is 2.35. The van der Waals surface area contributed by atoms with E-state index < -0.39 is 21.9 Å². The van der Waals surface area contributed by atoms with E-state index in [0.29, 0.717) is 11.4 Å². The number of halogens is 3. The van der Waals surface area contributed by atoms with Crippen molar-refractivity contribution < 1.29 is 12.8 Å². The predicted molar refractivity (Wildman–Crippen MR) is 96.1 cm³/mol. The number of aromatic nitrogens is 2. The lowest BCUT2D eigenvalue weighted by Gasteiger charge is -2.19. The zero-order chi connectivity index (χ0) is 18.2. The van der Waals surface area contributed by atoms with Crippen LogP contribution in [0.1, 0.15) is 17.4 Å². The summed E-state index contributed by atoms with van der Waals surface area (Å²) in [6.45, 7) is 0. The van der Waals surface area contributed by atoms with E-state index >= 15 is 0 Å². The highest BCUT2D eigenvalue weighted by molar-refractivity contribution is 7.89. The molecule has 1 atom stereocenters. The van der Waals surface area contributed by atoms with Gasteiger partial charge in [0.25, 0.3) is 0 Å². The van der Waals surface area contributed by atoms with Gasteiger partial charge < -0.3 is 4.57 Å². The Hall–Kier alpha value is -1.45. The summed E-state index contributed by atoms with van der Waals surface area (Å²) in [6, 6.07) is 5.98. The van der Waals surface area contributed by atoms with Crippen LogP contribution in [0.25, 0.3) is 0 Å². The second-order valence-electron chi connectivity index (χ2n) is 5.19. The van der Waals surface area contributed by atoms with Crippen LogP contribution in [0.2, 0.25) is 8.67 Å². The van der Waals surface area contributed by atoms with Crippen LogP contribution < -0.4 is 4.72 Å². The number of rotatable bonds is 5. The summed E-state index contributed by atoms with van der Waals surface area (Å²) in [7, 11) is -2.24. The third kappa shape index (κ3) is 3.88. The monoisotopic (exact) mass is 419 g/mol. The molecular weight excluding hydrogens is 408 g/mol. The Morgan fingerprint density at radius 3 is 2.48 bits per heavy atom. The average Bonchev–Trinajstić information content (AvgIpc) is 3.11. The molecule has 25 heavy (non-hydrogen) atoms. The molecule has 0 spiro atoms. The molecule has 5 nitrogen and oxygen atoms in total. The number of hydrogen-bond donors (Lipinski definition) is 1. The molecule has 2 heterocycles. The second kappa shape index (κ2) is 7.05. The number of nitrogens with zero attached hydrogens (tertiary/aromatic N) is 2. The van der Waals surface area contributed by atoms with Gasteiger partial charge in [0.15, 0.2) is 0 Å². The van der Waals surface area contributed by atoms with Crippen molar-refractivity contribution >= 4 is 44.6 Å². The molecular formula is C15H12Cl2FN3O2S2. The van der Waals surface area contributed by atoms with Crippen molar-refractivity contribution in [1.29, 1.82) is 0 Å². The van der Waals surface area contributed by atoms with E-state index in [2.05, 4.69) is 9.71 Å². The molecule has 0 amide bonds. The summed E-state index contributed by atoms with van der Waals surface area (Å²) >= 11 is 12.8. The number of hydrogen-bond acceptors (Lipinski definition) is 4. The van der Waals surface area contributed by atoms with E-state index in [-0.39, 0.29) is 13.6 Å². The number of benzene rings is 1. The summed E-state index contributed by atoms with van der Waals surface area (Å²) < 4.78 is 43.4. The van der Waals surface area contributed by atoms with Gasteiger partial charge in [-0.05, 0) is 23.8 Å². The fraction of sp³-hybridized carbons (Fsp3) is 0.133. The molecule has 0 bridgehead atoms. The molecule has 0 saturated heterocycles. The Kier molecular flexibility index (Phi) is 5.17. The molecule has 0 saturated carbocycles. The Morgan fingerprint density at radius 2 is 1.96 bits per heavy atom. The van der Waals surface area contributed by atoms with Gasteiger partial charge in [0.1, 0.15) is 26.9 Å². The number of sulfonamides is 1. The van der Waals surface area contributed by atoms with E-state index in [1.807, 2.05) is 0 Å². The Balaban J connectivity index is 2.05. The first kappa shape index (κ1) is 18.3. The van der Waals surface area contributed by atoms with Gasteiger partial charge in [-0.25, -0.2) is 17.8 Å². The van der Waals surface area contributed by atoms with Gasteiger partial charge in [-0.1, -0.05) is 35.3 Å². The van der Waals surface area contributed by atoms with Crippen LogP contribution in [0.15, 0.2) is 47.6 Å². The maximum Gasteiger partial charge on any atom is 0.243 e. The normalized spacial score (nSPS) is 13.1. The minimum atomic E-state index is -3.97. The third-order valence-electron chi connectivity index (χ3n) is 3.51. The standard InChI is InChI=1S/C15H12Cl2FN3O2S2/c1-21-7-6-19-15(21)13(9-2-4-10(18)5-3-9)20-25(22,23)11-8-12(16)24-14(11)17/h2-8,13,20H,1H3. The Morgan fingerprint density at radius 1 is 1.28 bits per heavy atom. The molecule has 2 aromatic heterocycles. The fourth-order valence-electron chi connectivity index (χ4n) is 2.31. The van der Waals surface area contributed by atoms with E-state index in [1.165, 1.54) is 30.3 Å². The van der Waals surface area contributed by atoms with Crippen LogP contribution in [0.3, 0.4) is 0 Å². The Labute approximate surface area is 158 Å². The van der Waals surface area contributed by atoms with Crippen LogP contribution in [0.4, 0.5) is 4.39 Å². The zero-order valence-electron chi connectivity index (χ0n) is 12.8. The van der Waals surface area contributed by atoms with Crippen molar-refractivity contribution in [1.82, 2.24) is 14.3 Å². The van der Waals surface area contributed by atoms with Gasteiger partial charge in [0.05, 0.1) is 4.34 Å². The van der Waals surface area contributed by atoms with Crippen molar-refractivity contribution in [2.75, 3.05) is 0 Å². The summed E-state index contributed by atoms with van der Waals surface area (Å²) in [6.07, 6.45) is 3.24. The van der Waals surface area contributed by atoms with E-state index in [1.54, 1.807) is 24.0 Å². The highest BCUT2D eigenvalue weighted by atomic mass is 35.5. The van der Waals surface area contributed by atoms with Gasteiger partial charge in [-0.3, -0.25) is 0 Å². The molecule has 3 rings (SSSR count). The van der Waals surface area contributed by atoms with Crippen molar-refractivity contribution in [3.05, 3.63) is 68.6 Å². The Bertz CT molecular complexity index is 1000. The molecule has 1 unspecified atom stereocenters. The van der Waals surface area contributed by atoms with Crippen LogP contribution in [0.5, 0.6) is 0 Å². The van der Waals surface area contributed by atoms with Gasteiger partial charge in [0, 0.05) is 19.4 Å². The summed E-state index contributed by atoms with van der Waals surface area (Å²) in [5, 5.41) is 0. The van der Waals surface area contributed by atoms with Crippen LogP contribution in [0, 0.1) is 5.82 Å². The highest BCUT2D eigenvalue weighted by Gasteiger charge is 2.28. The van der Waals surface area contributed by atoms with Gasteiger partial charge in [-0.2, -0.15) is 4.72 Å². The first-order valence-corrected chi connectivity index (χ1v) is 10.0. The maximum atomic E-state index is 13.2. The van der Waals surface area contributed by atoms with Crippen LogP contribution in [-0.2, 0) is 17.1 Å². The zero-order valence-corrected chi connectivity index (χ0v) is 15.9. The first-order chi connectivity index (χ1) is 11.8. The molecule has 0 radical (unpaired) electrons. The van der Waals surface area contributed by atoms with Crippen molar-refractivity contribution in [3.8, 4) is 0 Å². The van der Waals surface area contributed by atoms with Gasteiger partial charge in [-0.15, -0.1) is 11.3 Å². The molecule has 10 heteroatoms. The SMILES string of the molecule is Cn1ccnc1C(NS(=O)(=O)c1cc(Cl)sc1Cl)c1ccc(F)cc1. The lowest BCUT2D eigenvalue weighted by atomic mass is 10.1. The fourth-order valence-corrected chi connectivity index (χ4v) is 5.64. The molecule has 0 fully saturated rings. The third-order valence-corrected chi connectivity index (χ3v) is 6.68. The summed E-state index contributed by atoms with van der Waals surface area (Å²) in [5.41, 5.74) is 0.539. The minimum Gasteiger partial charge on any atom is -0.336 e. The number of thiophene rings is 1. The molecule has 3 aromatic rings. The maximum absolute atomic E-state index is 13.2. The van der Waals surface area contributed by atoms with E-state index in [0.717, 1.165) is 11.3 Å². The minimum absolute atomic E-state index is 0.0650. The number of nitrogens with one attached hydrogen (secondary N) is 1. The average molecular weight is 420 g/mol. The first-order valence-electron chi connectivity index (χ1n) is 6.98. The van der Waals surface area contributed by atoms with E-state index in [4.69, 9.17) is 23.2 Å². The molecule has 0 aliphatic carbocycles. The molecule has 1 aromatic carbocycles. The molecule has 0 aliphatic rings. The van der Waals surface area contributed by atoms with Crippen molar-refractivity contribution in [2.24, 2.45) is 7.05 Å². The quantitative estimate of drug-likeness (QED) is 0.679. The molecule has 0 aliphatic heterocycles.